The molecule has 2 aromatic heterocycles. The minimum absolute atomic E-state index is 0.0562. The number of fused-ring (bicyclic) bond motifs is 1. The minimum atomic E-state index is -4.08. The van der Waals surface area contributed by atoms with E-state index in [9.17, 15) is 28.4 Å². The van der Waals surface area contributed by atoms with Crippen molar-refractivity contribution in [2.45, 2.75) is 30.3 Å². The summed E-state index contributed by atoms with van der Waals surface area (Å²) in [6.45, 7) is 1.20. The lowest BCUT2D eigenvalue weighted by Crippen LogP contribution is -2.50. The highest BCUT2D eigenvalue weighted by atomic mass is 32.2. The molecule has 0 bridgehead atoms. The number of amides is 2. The third kappa shape index (κ3) is 5.31. The third-order valence-electron chi connectivity index (χ3n) is 6.12. The second kappa shape index (κ2) is 10.2. The van der Waals surface area contributed by atoms with Crippen LogP contribution in [-0.4, -0.2) is 77.1 Å². The molecular weight excluding hydrogens is 472 g/mol. The van der Waals surface area contributed by atoms with E-state index in [2.05, 4.69) is 15.8 Å². The van der Waals surface area contributed by atoms with Crippen molar-refractivity contribution in [1.29, 1.82) is 5.26 Å². The molecule has 0 radical (unpaired) electrons. The normalized spacial score (nSPS) is 15.5. The molecule has 3 aromatic rings. The van der Waals surface area contributed by atoms with Crippen molar-refractivity contribution in [3.8, 4) is 6.07 Å². The average Bonchev–Trinajstić information content (AvgIpc) is 3.43. The van der Waals surface area contributed by atoms with Crippen LogP contribution in [0.5, 0.6) is 0 Å². The van der Waals surface area contributed by atoms with Crippen LogP contribution in [0.25, 0.3) is 10.9 Å². The quantitative estimate of drug-likeness (QED) is 0.452. The van der Waals surface area contributed by atoms with Crippen molar-refractivity contribution in [2.75, 3.05) is 26.2 Å². The van der Waals surface area contributed by atoms with Crippen LogP contribution < -0.4 is 4.72 Å². The van der Waals surface area contributed by atoms with Gasteiger partial charge in [-0.2, -0.15) is 9.98 Å². The van der Waals surface area contributed by atoms with Crippen molar-refractivity contribution in [2.24, 2.45) is 0 Å². The van der Waals surface area contributed by atoms with E-state index >= 15 is 0 Å². The number of carboxylic acid groups (broad SMARTS) is 1. The van der Waals surface area contributed by atoms with Crippen LogP contribution >= 0.6 is 0 Å². The smallest absolute Gasteiger partial charge is 0.407 e. The third-order valence-corrected chi connectivity index (χ3v) is 7.65. The van der Waals surface area contributed by atoms with Crippen molar-refractivity contribution < 1.29 is 23.1 Å². The summed E-state index contributed by atoms with van der Waals surface area (Å²) in [5, 5.41) is 19.1. The summed E-state index contributed by atoms with van der Waals surface area (Å²) in [4.78, 5) is 30.7. The molecule has 1 aliphatic heterocycles. The van der Waals surface area contributed by atoms with E-state index in [-0.39, 0.29) is 31.0 Å². The minimum Gasteiger partial charge on any atom is -0.465 e. The van der Waals surface area contributed by atoms with E-state index in [0.717, 1.165) is 0 Å². The van der Waals surface area contributed by atoms with E-state index < -0.39 is 28.1 Å². The van der Waals surface area contributed by atoms with Gasteiger partial charge < -0.3 is 24.5 Å². The van der Waals surface area contributed by atoms with Gasteiger partial charge in [0.25, 0.3) is 0 Å². The standard InChI is InChI=1S/C23H26N6O5S/c24-16-17-4-2-10-27(17)13-8-20(22(30)28-11-3-12-29(15-14-28)23(31)32)26-35(33,34)21-6-1-5-19-18(21)7-9-25-19/h1-2,4-7,9-10,20,25-26H,3,8,11-15H2,(H,31,32). The Morgan fingerprint density at radius 1 is 1.11 bits per heavy atom. The van der Waals surface area contributed by atoms with Gasteiger partial charge in [0.2, 0.25) is 15.9 Å². The van der Waals surface area contributed by atoms with E-state index in [1.807, 2.05) is 0 Å². The molecule has 1 unspecified atom stereocenters. The summed E-state index contributed by atoms with van der Waals surface area (Å²) in [5.74, 6) is -0.423. The Hall–Kier alpha value is -3.82. The number of nitriles is 1. The van der Waals surface area contributed by atoms with Crippen molar-refractivity contribution in [3.05, 3.63) is 54.5 Å². The fraction of sp³-hybridized carbons (Fsp3) is 0.348. The molecular formula is C23H26N6O5S. The summed E-state index contributed by atoms with van der Waals surface area (Å²) in [6, 6.07) is 10.9. The highest BCUT2D eigenvalue weighted by Gasteiger charge is 2.31. The lowest BCUT2D eigenvalue weighted by atomic mass is 10.2. The molecule has 35 heavy (non-hydrogen) atoms. The predicted molar refractivity (Wildman–Crippen MR) is 127 cm³/mol. The number of aromatic nitrogens is 2. The summed E-state index contributed by atoms with van der Waals surface area (Å²) in [5.41, 5.74) is 1.06. The van der Waals surface area contributed by atoms with Crippen LogP contribution in [0.4, 0.5) is 4.79 Å². The molecule has 1 fully saturated rings. The number of carbonyl (C=O) groups excluding carboxylic acids is 1. The van der Waals surface area contributed by atoms with Crippen LogP contribution in [0, 0.1) is 11.3 Å². The van der Waals surface area contributed by atoms with E-state index in [4.69, 9.17) is 0 Å². The van der Waals surface area contributed by atoms with Gasteiger partial charge in [-0.3, -0.25) is 4.79 Å². The number of aromatic amines is 1. The number of benzene rings is 1. The molecule has 1 saturated heterocycles. The van der Waals surface area contributed by atoms with Crippen LogP contribution in [0.1, 0.15) is 18.5 Å². The number of hydrogen-bond donors (Lipinski definition) is 3. The molecule has 4 rings (SSSR count). The van der Waals surface area contributed by atoms with Gasteiger partial charge in [-0.15, -0.1) is 0 Å². The van der Waals surface area contributed by atoms with Gasteiger partial charge in [0, 0.05) is 56.0 Å². The topological polar surface area (TPSA) is 152 Å². The van der Waals surface area contributed by atoms with E-state index in [1.54, 1.807) is 47.3 Å². The monoisotopic (exact) mass is 498 g/mol. The number of H-pyrrole nitrogens is 1. The number of hydrogen-bond acceptors (Lipinski definition) is 5. The molecule has 184 valence electrons. The number of nitrogens with one attached hydrogen (secondary N) is 2. The molecule has 1 aromatic carbocycles. The number of aryl methyl sites for hydroxylation is 1. The molecule has 1 aliphatic rings. The summed E-state index contributed by atoms with van der Waals surface area (Å²) >= 11 is 0. The molecule has 11 nitrogen and oxygen atoms in total. The maximum Gasteiger partial charge on any atom is 0.407 e. The fourth-order valence-electron chi connectivity index (χ4n) is 4.30. The first kappa shape index (κ1) is 24.3. The second-order valence-corrected chi connectivity index (χ2v) is 9.99. The van der Waals surface area contributed by atoms with Crippen LogP contribution in [0.15, 0.2) is 53.7 Å². The Balaban J connectivity index is 1.59. The highest BCUT2D eigenvalue weighted by Crippen LogP contribution is 2.23. The molecule has 0 aliphatic carbocycles. The Morgan fingerprint density at radius 2 is 1.89 bits per heavy atom. The molecule has 0 spiro atoms. The number of rotatable bonds is 7. The number of carbonyl (C=O) groups is 2. The van der Waals surface area contributed by atoms with E-state index in [0.29, 0.717) is 36.1 Å². The Labute approximate surface area is 202 Å². The molecule has 12 heteroatoms. The van der Waals surface area contributed by atoms with Crippen LogP contribution in [0.3, 0.4) is 0 Å². The first-order valence-corrected chi connectivity index (χ1v) is 12.7. The maximum atomic E-state index is 13.5. The van der Waals surface area contributed by atoms with Crippen molar-refractivity contribution in [3.63, 3.8) is 0 Å². The van der Waals surface area contributed by atoms with Gasteiger partial charge in [0.15, 0.2) is 0 Å². The number of nitrogens with zero attached hydrogens (tertiary/aromatic N) is 4. The van der Waals surface area contributed by atoms with Gasteiger partial charge in [0.1, 0.15) is 17.8 Å². The summed E-state index contributed by atoms with van der Waals surface area (Å²) < 4.78 is 31.0. The molecule has 1 atom stereocenters. The van der Waals surface area contributed by atoms with Gasteiger partial charge in [0.05, 0.1) is 4.90 Å². The largest absolute Gasteiger partial charge is 0.465 e. The molecule has 0 saturated carbocycles. The molecule has 2 amide bonds. The Bertz CT molecular complexity index is 1370. The highest BCUT2D eigenvalue weighted by molar-refractivity contribution is 7.89. The fourth-order valence-corrected chi connectivity index (χ4v) is 5.75. The van der Waals surface area contributed by atoms with Gasteiger partial charge in [-0.1, -0.05) is 6.07 Å². The second-order valence-electron chi connectivity index (χ2n) is 8.30. The van der Waals surface area contributed by atoms with Gasteiger partial charge in [-0.25, -0.2) is 13.2 Å². The van der Waals surface area contributed by atoms with Gasteiger partial charge in [-0.05, 0) is 43.2 Å². The van der Waals surface area contributed by atoms with E-state index in [1.165, 1.54) is 15.9 Å². The summed E-state index contributed by atoms with van der Waals surface area (Å²) in [6.07, 6.45) is 2.87. The van der Waals surface area contributed by atoms with Crippen LogP contribution in [0.2, 0.25) is 0 Å². The van der Waals surface area contributed by atoms with Crippen LogP contribution in [-0.2, 0) is 21.4 Å². The average molecular weight is 499 g/mol. The van der Waals surface area contributed by atoms with Gasteiger partial charge >= 0.3 is 6.09 Å². The number of sulfonamides is 1. The maximum absolute atomic E-state index is 13.5. The Kier molecular flexibility index (Phi) is 7.09. The predicted octanol–water partition coefficient (Wildman–Crippen LogP) is 1.79. The Morgan fingerprint density at radius 3 is 2.66 bits per heavy atom. The zero-order chi connectivity index (χ0) is 25.0. The SMILES string of the molecule is N#Cc1cccn1CCC(NS(=O)(=O)c1cccc2[nH]ccc12)C(=O)N1CCCN(C(=O)O)CC1. The molecule has 3 heterocycles. The first-order chi connectivity index (χ1) is 16.8. The lowest BCUT2D eigenvalue weighted by molar-refractivity contribution is -0.133. The first-order valence-electron chi connectivity index (χ1n) is 11.2. The zero-order valence-electron chi connectivity index (χ0n) is 18.9. The van der Waals surface area contributed by atoms with Crippen molar-refractivity contribution >= 4 is 32.9 Å². The van der Waals surface area contributed by atoms with Crippen molar-refractivity contribution in [1.82, 2.24) is 24.1 Å². The molecule has 3 N–H and O–H groups in total. The lowest BCUT2D eigenvalue weighted by Gasteiger charge is -2.27. The summed E-state index contributed by atoms with van der Waals surface area (Å²) in [7, 11) is -4.08. The zero-order valence-corrected chi connectivity index (χ0v) is 19.7.